The molecule has 29 heavy (non-hydrogen) atoms. The van der Waals surface area contributed by atoms with Crippen LogP contribution >= 0.6 is 11.6 Å². The van der Waals surface area contributed by atoms with E-state index >= 15 is 0 Å². The summed E-state index contributed by atoms with van der Waals surface area (Å²) in [6, 6.07) is 4.82. The van der Waals surface area contributed by atoms with E-state index in [2.05, 4.69) is 14.9 Å². The van der Waals surface area contributed by atoms with Crippen LogP contribution in [-0.4, -0.2) is 43.8 Å². The molecule has 0 aliphatic heterocycles. The van der Waals surface area contributed by atoms with Gasteiger partial charge in [-0.1, -0.05) is 35.9 Å². The van der Waals surface area contributed by atoms with Crippen LogP contribution in [0.1, 0.15) is 23.8 Å². The Labute approximate surface area is 172 Å². The number of rotatable bonds is 8. The molecule has 0 spiro atoms. The molecule has 1 aromatic heterocycles. The third-order valence-corrected chi connectivity index (χ3v) is 6.88. The van der Waals surface area contributed by atoms with Crippen LogP contribution in [0.3, 0.4) is 0 Å². The maximum absolute atomic E-state index is 13.2. The molecule has 7 nitrogen and oxygen atoms in total. The number of aromatic nitrogens is 2. The van der Waals surface area contributed by atoms with Crippen molar-refractivity contribution in [3.63, 3.8) is 0 Å². The first-order valence-electron chi connectivity index (χ1n) is 8.76. The average molecular weight is 447 g/mol. The second-order valence-electron chi connectivity index (χ2n) is 6.67. The molecule has 2 aromatic rings. The summed E-state index contributed by atoms with van der Waals surface area (Å²) in [7, 11) is -2.70. The molecule has 1 aliphatic carbocycles. The summed E-state index contributed by atoms with van der Waals surface area (Å²) < 4.78 is 59.7. The minimum atomic E-state index is -4.17. The van der Waals surface area contributed by atoms with E-state index in [-0.39, 0.29) is 12.2 Å². The number of ether oxygens (including phenoxy) is 1. The summed E-state index contributed by atoms with van der Waals surface area (Å²) in [5, 5.41) is 4.51. The molecule has 1 aromatic carbocycles. The Bertz CT molecular complexity index is 1050. The zero-order valence-corrected chi connectivity index (χ0v) is 17.1. The second-order valence-corrected chi connectivity index (χ2v) is 9.25. The van der Waals surface area contributed by atoms with E-state index in [0.717, 1.165) is 0 Å². The first-order valence-corrected chi connectivity index (χ1v) is 10.7. The molecule has 1 heterocycles. The Morgan fingerprint density at radius 2 is 2.21 bits per heavy atom. The van der Waals surface area contributed by atoms with E-state index in [9.17, 15) is 17.2 Å². The van der Waals surface area contributed by atoms with Gasteiger partial charge in [0.15, 0.2) is 5.06 Å². The van der Waals surface area contributed by atoms with Gasteiger partial charge in [-0.3, -0.25) is 5.10 Å². The van der Waals surface area contributed by atoms with Gasteiger partial charge in [0.2, 0.25) is 16.4 Å². The third-order valence-electron chi connectivity index (χ3n) is 4.74. The van der Waals surface area contributed by atoms with Crippen molar-refractivity contribution in [3.05, 3.63) is 47.7 Å². The van der Waals surface area contributed by atoms with Gasteiger partial charge < -0.3 is 10.5 Å². The molecule has 11 heteroatoms. The molecule has 3 rings (SSSR count). The van der Waals surface area contributed by atoms with Crippen LogP contribution in [0.2, 0.25) is 0 Å². The number of hydrogen-bond acceptors (Lipinski definition) is 5. The average Bonchev–Trinajstić information content (AvgIpc) is 3.10. The van der Waals surface area contributed by atoms with Crippen LogP contribution < -0.4 is 10.5 Å². The molecular formula is C18H21ClF2N4O3S. The molecule has 1 aliphatic rings. The van der Waals surface area contributed by atoms with Crippen molar-refractivity contribution in [2.45, 2.75) is 29.6 Å². The van der Waals surface area contributed by atoms with Gasteiger partial charge in [-0.2, -0.15) is 5.10 Å². The van der Waals surface area contributed by atoms with E-state index in [0.29, 0.717) is 28.6 Å². The number of sulfonamides is 1. The number of methoxy groups -OCH3 is 1. The SMILES string of the molecule is COC1(Cl)C=CC(CNS(=O)(=O)C(CC(F)F)c2n[nH]c3c(N)cccc23)=CC1. The second kappa shape index (κ2) is 8.39. The molecule has 4 N–H and O–H groups in total. The standard InChI is InChI=1S/C18H21ClF2N4O3S/c1-28-18(19)7-5-11(6-8-18)10-23-29(26,27)14(9-15(20)21)17-12-3-2-4-13(22)16(12)24-25-17/h2-7,14-15,23H,8-10,22H2,1H3,(H,24,25). The Kier molecular flexibility index (Phi) is 6.27. The maximum Gasteiger partial charge on any atom is 0.240 e. The maximum atomic E-state index is 13.2. The summed E-state index contributed by atoms with van der Waals surface area (Å²) >= 11 is 6.16. The highest BCUT2D eigenvalue weighted by Crippen LogP contribution is 2.34. The molecule has 0 fully saturated rings. The molecule has 2 unspecified atom stereocenters. The lowest BCUT2D eigenvalue weighted by molar-refractivity contribution is 0.106. The third kappa shape index (κ3) is 4.77. The lowest BCUT2D eigenvalue weighted by atomic mass is 10.0. The highest BCUT2D eigenvalue weighted by atomic mass is 35.5. The van der Waals surface area contributed by atoms with E-state index in [4.69, 9.17) is 22.1 Å². The van der Waals surface area contributed by atoms with Crippen LogP contribution in [0.25, 0.3) is 10.9 Å². The van der Waals surface area contributed by atoms with Crippen LogP contribution in [0.15, 0.2) is 42.0 Å². The van der Waals surface area contributed by atoms with Gasteiger partial charge in [0.05, 0.1) is 16.9 Å². The molecular weight excluding hydrogens is 426 g/mol. The fourth-order valence-corrected chi connectivity index (χ4v) is 4.66. The van der Waals surface area contributed by atoms with Gasteiger partial charge in [-0.25, -0.2) is 21.9 Å². The lowest BCUT2D eigenvalue weighted by Crippen LogP contribution is -2.33. The number of aromatic amines is 1. The number of nitrogen functional groups attached to an aromatic ring is 1. The molecule has 158 valence electrons. The molecule has 0 radical (unpaired) electrons. The van der Waals surface area contributed by atoms with E-state index < -0.39 is 33.2 Å². The normalized spacial score (nSPS) is 20.9. The Balaban J connectivity index is 1.84. The lowest BCUT2D eigenvalue weighted by Gasteiger charge is -2.24. The molecule has 0 amide bonds. The van der Waals surface area contributed by atoms with Gasteiger partial charge in [0, 0.05) is 31.9 Å². The van der Waals surface area contributed by atoms with Gasteiger partial charge >= 0.3 is 0 Å². The largest absolute Gasteiger partial charge is 0.397 e. The van der Waals surface area contributed by atoms with Crippen LogP contribution in [0.4, 0.5) is 14.5 Å². The fraction of sp³-hybridized carbons (Fsp3) is 0.389. The number of benzene rings is 1. The predicted octanol–water partition coefficient (Wildman–Crippen LogP) is 3.23. The Morgan fingerprint density at radius 1 is 1.45 bits per heavy atom. The Hall–Kier alpha value is -2.01. The minimum absolute atomic E-state index is 0.00687. The summed E-state index contributed by atoms with van der Waals surface area (Å²) in [5.74, 6) is 0. The molecule has 0 bridgehead atoms. The van der Waals surface area contributed by atoms with Crippen LogP contribution in [0.5, 0.6) is 0 Å². The van der Waals surface area contributed by atoms with E-state index in [1.165, 1.54) is 7.11 Å². The highest BCUT2D eigenvalue weighted by molar-refractivity contribution is 7.89. The fourth-order valence-electron chi connectivity index (χ4n) is 3.08. The summed E-state index contributed by atoms with van der Waals surface area (Å²) in [5.41, 5.74) is 7.26. The van der Waals surface area contributed by atoms with Crippen molar-refractivity contribution in [1.82, 2.24) is 14.9 Å². The number of fused-ring (bicyclic) bond motifs is 1. The topological polar surface area (TPSA) is 110 Å². The monoisotopic (exact) mass is 446 g/mol. The van der Waals surface area contributed by atoms with Crippen LogP contribution in [0, 0.1) is 0 Å². The molecule has 2 atom stereocenters. The number of nitrogens with one attached hydrogen (secondary N) is 2. The smallest absolute Gasteiger partial charge is 0.240 e. The Morgan fingerprint density at radius 3 is 2.83 bits per heavy atom. The quantitative estimate of drug-likeness (QED) is 0.426. The summed E-state index contributed by atoms with van der Waals surface area (Å²) in [6.07, 6.45) is 1.59. The first-order chi connectivity index (χ1) is 13.6. The van der Waals surface area contributed by atoms with Crippen LogP contribution in [-0.2, 0) is 14.8 Å². The van der Waals surface area contributed by atoms with Crippen molar-refractivity contribution < 1.29 is 21.9 Å². The zero-order valence-electron chi connectivity index (χ0n) is 15.5. The number of halogens is 3. The van der Waals surface area contributed by atoms with Crippen molar-refractivity contribution in [3.8, 4) is 0 Å². The first kappa shape index (κ1) is 21.7. The summed E-state index contributed by atoms with van der Waals surface area (Å²) in [4.78, 5) is 0. The summed E-state index contributed by atoms with van der Waals surface area (Å²) in [6.45, 7) is -0.0697. The highest BCUT2D eigenvalue weighted by Gasteiger charge is 2.34. The van der Waals surface area contributed by atoms with E-state index in [1.807, 2.05) is 0 Å². The molecule has 0 saturated carbocycles. The number of alkyl halides is 3. The zero-order chi connectivity index (χ0) is 21.2. The van der Waals surface area contributed by atoms with Crippen molar-refractivity contribution in [2.24, 2.45) is 0 Å². The number of hydrogen-bond donors (Lipinski definition) is 3. The number of para-hydroxylation sites is 1. The van der Waals surface area contributed by atoms with Gasteiger partial charge in [-0.05, 0) is 17.7 Å². The van der Waals surface area contributed by atoms with Crippen molar-refractivity contribution >= 4 is 38.2 Å². The van der Waals surface area contributed by atoms with Gasteiger partial charge in [-0.15, -0.1) is 0 Å². The molecule has 0 saturated heterocycles. The minimum Gasteiger partial charge on any atom is -0.397 e. The number of nitrogens with zero attached hydrogens (tertiary/aromatic N) is 1. The number of H-pyrrole nitrogens is 1. The van der Waals surface area contributed by atoms with Crippen molar-refractivity contribution in [2.75, 3.05) is 19.4 Å². The predicted molar refractivity (Wildman–Crippen MR) is 108 cm³/mol. The van der Waals surface area contributed by atoms with Gasteiger partial charge in [0.25, 0.3) is 0 Å². The van der Waals surface area contributed by atoms with Crippen molar-refractivity contribution in [1.29, 1.82) is 0 Å². The van der Waals surface area contributed by atoms with Gasteiger partial charge in [0.1, 0.15) is 5.25 Å². The number of nitrogens with two attached hydrogens (primary N) is 1. The van der Waals surface area contributed by atoms with E-state index in [1.54, 1.807) is 36.4 Å². The number of anilines is 1.